The first-order chi connectivity index (χ1) is 6.33. The summed E-state index contributed by atoms with van der Waals surface area (Å²) in [6, 6.07) is 10.0. The molecule has 0 aromatic heterocycles. The van der Waals surface area contributed by atoms with Crippen molar-refractivity contribution in [3.05, 3.63) is 40.4 Å². The molecule has 1 aliphatic heterocycles. The van der Waals surface area contributed by atoms with E-state index in [0.717, 1.165) is 11.3 Å². The summed E-state index contributed by atoms with van der Waals surface area (Å²) in [5, 5.41) is 9.55. The zero-order valence-corrected chi connectivity index (χ0v) is 7.77. The van der Waals surface area contributed by atoms with Gasteiger partial charge in [0.2, 0.25) is 0 Å². The molecule has 2 nitrogen and oxygen atoms in total. The Morgan fingerprint density at radius 3 is 2.92 bits per heavy atom. The van der Waals surface area contributed by atoms with Gasteiger partial charge in [0, 0.05) is 5.75 Å². The van der Waals surface area contributed by atoms with Crippen LogP contribution in [-0.4, -0.2) is 0 Å². The van der Waals surface area contributed by atoms with Gasteiger partial charge in [0.1, 0.15) is 6.07 Å². The van der Waals surface area contributed by atoms with Crippen molar-refractivity contribution in [2.75, 3.05) is 0 Å². The highest BCUT2D eigenvalue weighted by atomic mass is 32.2. The summed E-state index contributed by atoms with van der Waals surface area (Å²) in [6.07, 6.45) is 0. The van der Waals surface area contributed by atoms with Crippen LogP contribution in [0, 0.1) is 11.3 Å². The lowest BCUT2D eigenvalue weighted by molar-refractivity contribution is 1.34. The molecule has 0 saturated carbocycles. The number of nitrogens with two attached hydrogens (primary N) is 1. The largest absolute Gasteiger partial charge is 0.392 e. The number of benzene rings is 1. The van der Waals surface area contributed by atoms with Crippen LogP contribution >= 0.6 is 11.8 Å². The minimum atomic E-state index is 0.617. The van der Waals surface area contributed by atoms with Crippen LogP contribution in [0.15, 0.2) is 29.3 Å². The third kappa shape index (κ3) is 1.30. The number of hydrogen-bond acceptors (Lipinski definition) is 3. The van der Waals surface area contributed by atoms with Gasteiger partial charge in [0.25, 0.3) is 0 Å². The molecule has 1 heterocycles. The molecule has 0 saturated heterocycles. The van der Waals surface area contributed by atoms with Crippen molar-refractivity contribution in [1.82, 2.24) is 0 Å². The van der Waals surface area contributed by atoms with E-state index >= 15 is 0 Å². The summed E-state index contributed by atoms with van der Waals surface area (Å²) in [4.78, 5) is 0. The molecular weight excluding hydrogens is 180 g/mol. The molecule has 0 atom stereocenters. The average Bonchev–Trinajstić information content (AvgIpc) is 2.18. The second-order valence-corrected chi connectivity index (χ2v) is 3.81. The fourth-order valence-electron chi connectivity index (χ4n) is 1.37. The Balaban J connectivity index is 2.63. The maximum atomic E-state index is 8.91. The Kier molecular flexibility index (Phi) is 1.99. The van der Waals surface area contributed by atoms with E-state index < -0.39 is 0 Å². The summed E-state index contributed by atoms with van der Waals surface area (Å²) in [5.41, 5.74) is 8.52. The molecule has 64 valence electrons. The summed E-state index contributed by atoms with van der Waals surface area (Å²) in [7, 11) is 0. The van der Waals surface area contributed by atoms with Crippen molar-refractivity contribution in [3.63, 3.8) is 0 Å². The second kappa shape index (κ2) is 3.15. The molecule has 0 radical (unpaired) electrons. The Morgan fingerprint density at radius 1 is 1.38 bits per heavy atom. The third-order valence-electron chi connectivity index (χ3n) is 2.03. The van der Waals surface area contributed by atoms with Crippen molar-refractivity contribution < 1.29 is 0 Å². The lowest BCUT2D eigenvalue weighted by atomic mass is 10.0. The standard InChI is InChI=1S/C10H8N2S/c11-5-9-8-4-2-1-3-7(8)6-13-10(9)12/h1-4H,6,12H2. The number of rotatable bonds is 0. The van der Waals surface area contributed by atoms with Gasteiger partial charge >= 0.3 is 0 Å². The van der Waals surface area contributed by atoms with Crippen molar-refractivity contribution in [2.24, 2.45) is 5.73 Å². The fourth-order valence-corrected chi connectivity index (χ4v) is 2.23. The van der Waals surface area contributed by atoms with Gasteiger partial charge in [-0.2, -0.15) is 5.26 Å². The van der Waals surface area contributed by atoms with Crippen molar-refractivity contribution >= 4 is 17.3 Å². The Hall–Kier alpha value is -1.40. The van der Waals surface area contributed by atoms with Gasteiger partial charge in [-0.3, -0.25) is 0 Å². The van der Waals surface area contributed by atoms with Crippen LogP contribution in [0.2, 0.25) is 0 Å². The summed E-state index contributed by atoms with van der Waals surface area (Å²) in [5.74, 6) is 0.868. The highest BCUT2D eigenvalue weighted by Gasteiger charge is 2.16. The first kappa shape index (κ1) is 8.21. The Labute approximate surface area is 81.1 Å². The second-order valence-electron chi connectivity index (χ2n) is 2.80. The smallest absolute Gasteiger partial charge is 0.103 e. The fraction of sp³-hybridized carbons (Fsp3) is 0.100. The van der Waals surface area contributed by atoms with Gasteiger partial charge in [0.15, 0.2) is 0 Å². The van der Waals surface area contributed by atoms with Gasteiger partial charge in [-0.05, 0) is 11.1 Å². The molecular formula is C10H8N2S. The maximum absolute atomic E-state index is 8.91. The number of thioether (sulfide) groups is 1. The summed E-state index contributed by atoms with van der Waals surface area (Å²) >= 11 is 1.53. The van der Waals surface area contributed by atoms with Crippen molar-refractivity contribution in [1.29, 1.82) is 5.26 Å². The first-order valence-corrected chi connectivity index (χ1v) is 4.92. The quantitative estimate of drug-likeness (QED) is 0.678. The average molecular weight is 188 g/mol. The number of fused-ring (bicyclic) bond motifs is 1. The molecule has 13 heavy (non-hydrogen) atoms. The Morgan fingerprint density at radius 2 is 2.15 bits per heavy atom. The first-order valence-electron chi connectivity index (χ1n) is 3.94. The molecule has 1 aromatic rings. The van der Waals surface area contributed by atoms with Gasteiger partial charge in [-0.1, -0.05) is 24.3 Å². The minimum Gasteiger partial charge on any atom is -0.392 e. The minimum absolute atomic E-state index is 0.617. The van der Waals surface area contributed by atoms with E-state index in [1.807, 2.05) is 24.3 Å². The van der Waals surface area contributed by atoms with Crippen LogP contribution in [0.1, 0.15) is 11.1 Å². The van der Waals surface area contributed by atoms with Gasteiger partial charge in [0.05, 0.1) is 10.6 Å². The highest BCUT2D eigenvalue weighted by molar-refractivity contribution is 8.02. The normalized spacial score (nSPS) is 15.0. The van der Waals surface area contributed by atoms with Gasteiger partial charge in [-0.25, -0.2) is 0 Å². The molecule has 0 bridgehead atoms. The van der Waals surface area contributed by atoms with Crippen LogP contribution < -0.4 is 5.73 Å². The molecule has 0 aliphatic carbocycles. The molecule has 0 amide bonds. The van der Waals surface area contributed by atoms with Crippen molar-refractivity contribution in [2.45, 2.75) is 5.75 Å². The zero-order valence-electron chi connectivity index (χ0n) is 6.95. The molecule has 0 fully saturated rings. The number of nitriles is 1. The predicted octanol–water partition coefficient (Wildman–Crippen LogP) is 2.08. The van der Waals surface area contributed by atoms with Crippen LogP contribution in [-0.2, 0) is 5.75 Å². The number of allylic oxidation sites excluding steroid dienone is 1. The molecule has 2 N–H and O–H groups in total. The van der Waals surface area contributed by atoms with E-state index in [1.54, 1.807) is 0 Å². The van der Waals surface area contributed by atoms with Crippen LogP contribution in [0.4, 0.5) is 0 Å². The molecule has 0 spiro atoms. The zero-order chi connectivity index (χ0) is 9.26. The van der Waals surface area contributed by atoms with Gasteiger partial charge in [-0.15, -0.1) is 11.8 Å². The SMILES string of the molecule is N#CC1=C(N)SCc2ccccc21. The lowest BCUT2D eigenvalue weighted by Crippen LogP contribution is -2.05. The molecule has 1 aromatic carbocycles. The highest BCUT2D eigenvalue weighted by Crippen LogP contribution is 2.34. The van der Waals surface area contributed by atoms with E-state index in [2.05, 4.69) is 6.07 Å². The third-order valence-corrected chi connectivity index (χ3v) is 3.00. The van der Waals surface area contributed by atoms with E-state index in [9.17, 15) is 0 Å². The number of hydrogen-bond donors (Lipinski definition) is 1. The molecule has 0 unspecified atom stereocenters. The van der Waals surface area contributed by atoms with Crippen LogP contribution in [0.3, 0.4) is 0 Å². The van der Waals surface area contributed by atoms with Crippen molar-refractivity contribution in [3.8, 4) is 6.07 Å². The monoisotopic (exact) mass is 188 g/mol. The molecule has 2 rings (SSSR count). The van der Waals surface area contributed by atoms with Gasteiger partial charge < -0.3 is 5.73 Å². The number of nitrogens with zero attached hydrogens (tertiary/aromatic N) is 1. The van der Waals surface area contributed by atoms with Crippen LogP contribution in [0.5, 0.6) is 0 Å². The van der Waals surface area contributed by atoms with Crippen LogP contribution in [0.25, 0.3) is 5.57 Å². The van der Waals surface area contributed by atoms with E-state index in [1.165, 1.54) is 17.3 Å². The van der Waals surface area contributed by atoms with E-state index in [-0.39, 0.29) is 0 Å². The molecule has 3 heteroatoms. The van der Waals surface area contributed by atoms with E-state index in [0.29, 0.717) is 10.6 Å². The molecule has 1 aliphatic rings. The summed E-state index contributed by atoms with van der Waals surface area (Å²) in [6.45, 7) is 0. The summed E-state index contributed by atoms with van der Waals surface area (Å²) < 4.78 is 0. The predicted molar refractivity (Wildman–Crippen MR) is 54.5 cm³/mol. The maximum Gasteiger partial charge on any atom is 0.103 e. The topological polar surface area (TPSA) is 49.8 Å². The Bertz CT molecular complexity index is 415. The van der Waals surface area contributed by atoms with E-state index in [4.69, 9.17) is 11.0 Å². The lowest BCUT2D eigenvalue weighted by Gasteiger charge is -2.15.